The Hall–Kier alpha value is -1.75. The number of benzene rings is 1. The zero-order valence-corrected chi connectivity index (χ0v) is 10.1. The van der Waals surface area contributed by atoms with Crippen LogP contribution in [0.15, 0.2) is 24.3 Å². The molecule has 0 aliphatic rings. The molecule has 0 bridgehead atoms. The van der Waals surface area contributed by atoms with Crippen LogP contribution in [0.25, 0.3) is 0 Å². The highest BCUT2D eigenvalue weighted by Crippen LogP contribution is 2.17. The van der Waals surface area contributed by atoms with Crippen LogP contribution in [0.3, 0.4) is 0 Å². The molecule has 0 saturated carbocycles. The lowest BCUT2D eigenvalue weighted by Gasteiger charge is -2.15. The van der Waals surface area contributed by atoms with Gasteiger partial charge in [-0.3, -0.25) is 4.79 Å². The van der Waals surface area contributed by atoms with Crippen molar-refractivity contribution in [2.45, 2.75) is 13.0 Å². The summed E-state index contributed by atoms with van der Waals surface area (Å²) in [5.74, 6) is 1.33. The molecule has 0 aromatic heterocycles. The first-order valence-corrected chi connectivity index (χ1v) is 5.43. The van der Waals surface area contributed by atoms with E-state index in [-0.39, 0.29) is 18.6 Å². The van der Waals surface area contributed by atoms with Gasteiger partial charge in [-0.1, -0.05) is 0 Å². The normalized spacial score (nSPS) is 11.7. The van der Waals surface area contributed by atoms with Gasteiger partial charge >= 0.3 is 0 Å². The highest BCUT2D eigenvalue weighted by molar-refractivity contribution is 5.77. The van der Waals surface area contributed by atoms with Crippen molar-refractivity contribution in [1.29, 1.82) is 0 Å². The molecule has 0 fully saturated rings. The Morgan fingerprint density at radius 3 is 2.47 bits per heavy atom. The average Bonchev–Trinajstić information content (AvgIpc) is 2.36. The number of carbonyl (C=O) groups excluding carboxylic acids is 1. The summed E-state index contributed by atoms with van der Waals surface area (Å²) in [5.41, 5.74) is 5.18. The van der Waals surface area contributed by atoms with Crippen molar-refractivity contribution in [3.63, 3.8) is 0 Å². The van der Waals surface area contributed by atoms with Gasteiger partial charge in [-0.25, -0.2) is 0 Å². The van der Waals surface area contributed by atoms with Gasteiger partial charge in [0.05, 0.1) is 20.2 Å². The molecule has 1 aromatic carbocycles. The molecule has 1 atom stereocenters. The molecular weight excluding hydrogens is 220 g/mol. The molecule has 5 heteroatoms. The number of carbonyl (C=O) groups is 1. The van der Waals surface area contributed by atoms with Crippen LogP contribution in [0.1, 0.15) is 6.92 Å². The molecule has 5 nitrogen and oxygen atoms in total. The highest BCUT2D eigenvalue weighted by atomic mass is 16.5. The second-order valence-corrected chi connectivity index (χ2v) is 3.61. The number of hydrogen-bond acceptors (Lipinski definition) is 4. The molecule has 0 saturated heterocycles. The second kappa shape index (κ2) is 6.75. The van der Waals surface area contributed by atoms with Crippen molar-refractivity contribution < 1.29 is 14.3 Å². The van der Waals surface area contributed by atoms with E-state index < -0.39 is 0 Å². The van der Waals surface area contributed by atoms with Crippen LogP contribution in [-0.2, 0) is 4.79 Å². The van der Waals surface area contributed by atoms with Crippen molar-refractivity contribution in [3.8, 4) is 11.5 Å². The minimum Gasteiger partial charge on any atom is -0.497 e. The molecule has 0 aliphatic carbocycles. The maximum atomic E-state index is 10.9. The quantitative estimate of drug-likeness (QED) is 0.758. The van der Waals surface area contributed by atoms with E-state index in [1.807, 2.05) is 31.2 Å². The summed E-state index contributed by atoms with van der Waals surface area (Å²) in [6.07, 6.45) is -0.112. The molecule has 94 valence electrons. The van der Waals surface area contributed by atoms with Gasteiger partial charge in [0, 0.05) is 0 Å². The Labute approximate surface area is 101 Å². The predicted molar refractivity (Wildman–Crippen MR) is 65.1 cm³/mol. The topological polar surface area (TPSA) is 73.6 Å². The number of nitrogens with two attached hydrogens (primary N) is 1. The number of rotatable bonds is 6. The van der Waals surface area contributed by atoms with E-state index in [4.69, 9.17) is 15.2 Å². The number of methoxy groups -OCH3 is 1. The zero-order valence-electron chi connectivity index (χ0n) is 10.1. The van der Waals surface area contributed by atoms with Crippen molar-refractivity contribution in [1.82, 2.24) is 5.32 Å². The van der Waals surface area contributed by atoms with Crippen LogP contribution in [0, 0.1) is 0 Å². The van der Waals surface area contributed by atoms with Gasteiger partial charge in [-0.15, -0.1) is 0 Å². The van der Waals surface area contributed by atoms with Gasteiger partial charge in [0.1, 0.15) is 17.6 Å². The van der Waals surface area contributed by atoms with Gasteiger partial charge in [0.25, 0.3) is 0 Å². The highest BCUT2D eigenvalue weighted by Gasteiger charge is 2.05. The molecular formula is C12H18N2O3. The summed E-state index contributed by atoms with van der Waals surface area (Å²) in [6.45, 7) is 2.30. The maximum Gasteiger partial charge on any atom is 0.233 e. The molecule has 3 N–H and O–H groups in total. The van der Waals surface area contributed by atoms with Crippen LogP contribution in [-0.4, -0.2) is 32.2 Å². The summed E-state index contributed by atoms with van der Waals surface area (Å²) >= 11 is 0. The van der Waals surface area contributed by atoms with E-state index >= 15 is 0 Å². The van der Waals surface area contributed by atoms with Crippen molar-refractivity contribution >= 4 is 5.91 Å². The van der Waals surface area contributed by atoms with E-state index in [9.17, 15) is 4.79 Å². The molecule has 1 amide bonds. The van der Waals surface area contributed by atoms with E-state index in [1.54, 1.807) is 7.11 Å². The smallest absolute Gasteiger partial charge is 0.233 e. The first-order chi connectivity index (χ1) is 8.15. The van der Waals surface area contributed by atoms with E-state index in [0.29, 0.717) is 6.54 Å². The molecule has 0 heterocycles. The number of amides is 1. The monoisotopic (exact) mass is 238 g/mol. The van der Waals surface area contributed by atoms with Crippen molar-refractivity contribution in [2.75, 3.05) is 20.2 Å². The molecule has 0 aliphatic heterocycles. The Kier molecular flexibility index (Phi) is 5.29. The molecule has 1 unspecified atom stereocenters. The summed E-state index contributed by atoms with van der Waals surface area (Å²) in [5, 5.41) is 2.66. The third-order valence-electron chi connectivity index (χ3n) is 2.17. The predicted octanol–water partition coefficient (Wildman–Crippen LogP) is 0.537. The van der Waals surface area contributed by atoms with Crippen LogP contribution in [0.2, 0.25) is 0 Å². The summed E-state index contributed by atoms with van der Waals surface area (Å²) in [4.78, 5) is 10.9. The fraction of sp³-hybridized carbons (Fsp3) is 0.417. The lowest BCUT2D eigenvalue weighted by molar-refractivity contribution is -0.120. The minimum atomic E-state index is -0.185. The first kappa shape index (κ1) is 13.3. The van der Waals surface area contributed by atoms with E-state index in [1.165, 1.54) is 0 Å². The third kappa shape index (κ3) is 4.74. The first-order valence-electron chi connectivity index (χ1n) is 5.43. The third-order valence-corrected chi connectivity index (χ3v) is 2.17. The SMILES string of the molecule is COc1ccc(OC(C)CNC(=O)CN)cc1. The van der Waals surface area contributed by atoms with Crippen molar-refractivity contribution in [2.24, 2.45) is 5.73 Å². The van der Waals surface area contributed by atoms with Crippen LogP contribution in [0.4, 0.5) is 0 Å². The Morgan fingerprint density at radius 1 is 1.35 bits per heavy atom. The van der Waals surface area contributed by atoms with Gasteiger partial charge in [-0.2, -0.15) is 0 Å². The molecule has 0 radical (unpaired) electrons. The fourth-order valence-corrected chi connectivity index (χ4v) is 1.26. The molecule has 1 aromatic rings. The Morgan fingerprint density at radius 2 is 1.94 bits per heavy atom. The molecule has 0 spiro atoms. The lowest BCUT2D eigenvalue weighted by Crippen LogP contribution is -2.37. The molecule has 1 rings (SSSR count). The largest absolute Gasteiger partial charge is 0.497 e. The van der Waals surface area contributed by atoms with Gasteiger partial charge in [0.2, 0.25) is 5.91 Å². The van der Waals surface area contributed by atoms with E-state index in [0.717, 1.165) is 11.5 Å². The van der Waals surface area contributed by atoms with Gasteiger partial charge in [0.15, 0.2) is 0 Å². The van der Waals surface area contributed by atoms with Crippen LogP contribution >= 0.6 is 0 Å². The summed E-state index contributed by atoms with van der Waals surface area (Å²) in [7, 11) is 1.61. The minimum absolute atomic E-state index is 0.00471. The van der Waals surface area contributed by atoms with Crippen LogP contribution in [0.5, 0.6) is 11.5 Å². The second-order valence-electron chi connectivity index (χ2n) is 3.61. The fourth-order valence-electron chi connectivity index (χ4n) is 1.26. The number of ether oxygens (including phenoxy) is 2. The average molecular weight is 238 g/mol. The molecule has 17 heavy (non-hydrogen) atoms. The Bertz CT molecular complexity index is 351. The van der Waals surface area contributed by atoms with Gasteiger partial charge < -0.3 is 20.5 Å². The number of nitrogens with one attached hydrogen (secondary N) is 1. The van der Waals surface area contributed by atoms with E-state index in [2.05, 4.69) is 5.32 Å². The van der Waals surface area contributed by atoms with Crippen LogP contribution < -0.4 is 20.5 Å². The lowest BCUT2D eigenvalue weighted by atomic mass is 10.3. The van der Waals surface area contributed by atoms with Crippen molar-refractivity contribution in [3.05, 3.63) is 24.3 Å². The zero-order chi connectivity index (χ0) is 12.7. The summed E-state index contributed by atoms with van der Waals surface area (Å²) in [6, 6.07) is 7.28. The standard InChI is InChI=1S/C12H18N2O3/c1-9(8-14-12(15)7-13)17-11-5-3-10(16-2)4-6-11/h3-6,9H,7-8,13H2,1-2H3,(H,14,15). The van der Waals surface area contributed by atoms with Gasteiger partial charge in [-0.05, 0) is 31.2 Å². The maximum absolute atomic E-state index is 10.9. The Balaban J connectivity index is 2.39. The summed E-state index contributed by atoms with van der Waals surface area (Å²) < 4.78 is 10.6. The number of hydrogen-bond donors (Lipinski definition) is 2.